The van der Waals surface area contributed by atoms with Gasteiger partial charge in [-0.15, -0.1) is 0 Å². The van der Waals surface area contributed by atoms with E-state index in [1.807, 2.05) is 0 Å². The smallest absolute Gasteiger partial charge is 0.0445 e. The number of hydrogen-bond donors (Lipinski definition) is 0. The van der Waals surface area contributed by atoms with Gasteiger partial charge in [0.15, 0.2) is 0 Å². The molecule has 0 aliphatic rings. The summed E-state index contributed by atoms with van der Waals surface area (Å²) in [4.78, 5) is 10.8. The van der Waals surface area contributed by atoms with Gasteiger partial charge in [0.2, 0.25) is 0 Å². The Kier molecular flexibility index (Phi) is 8.70. The summed E-state index contributed by atoms with van der Waals surface area (Å²) in [5.41, 5.74) is 0. The average molecular weight is 199 g/mol. The van der Waals surface area contributed by atoms with Crippen LogP contribution in [0.25, 0.3) is 0 Å². The number of hydrogen-bond acceptors (Lipinski definition) is 2. The average Bonchev–Trinajstić information content (AvgIpc) is 2.16. The minimum Gasteiger partial charge on any atom is -0.550 e. The SMILES string of the molecule is CCCCCCC(CCCC)C(=O)[O-]. The molecule has 0 aromatic carbocycles. The lowest BCUT2D eigenvalue weighted by molar-refractivity contribution is -0.312. The van der Waals surface area contributed by atoms with E-state index in [1.54, 1.807) is 0 Å². The molecule has 0 spiro atoms. The second kappa shape index (κ2) is 9.04. The van der Waals surface area contributed by atoms with Crippen LogP contribution >= 0.6 is 0 Å². The first-order valence-corrected chi connectivity index (χ1v) is 5.93. The van der Waals surface area contributed by atoms with Gasteiger partial charge in [-0.2, -0.15) is 0 Å². The highest BCUT2D eigenvalue weighted by atomic mass is 16.4. The lowest BCUT2D eigenvalue weighted by atomic mass is 9.95. The highest BCUT2D eigenvalue weighted by Gasteiger charge is 2.08. The third kappa shape index (κ3) is 6.93. The fourth-order valence-corrected chi connectivity index (χ4v) is 1.65. The van der Waals surface area contributed by atoms with E-state index < -0.39 is 5.97 Å². The molecule has 1 unspecified atom stereocenters. The Balaban J connectivity index is 3.57. The van der Waals surface area contributed by atoms with E-state index in [2.05, 4.69) is 13.8 Å². The van der Waals surface area contributed by atoms with Crippen molar-refractivity contribution in [3.8, 4) is 0 Å². The molecule has 0 saturated carbocycles. The van der Waals surface area contributed by atoms with E-state index >= 15 is 0 Å². The Morgan fingerprint density at radius 1 is 1.00 bits per heavy atom. The van der Waals surface area contributed by atoms with Crippen LogP contribution in [0.1, 0.15) is 65.2 Å². The molecule has 0 bridgehead atoms. The van der Waals surface area contributed by atoms with E-state index in [4.69, 9.17) is 0 Å². The van der Waals surface area contributed by atoms with Gasteiger partial charge in [-0.05, 0) is 18.8 Å². The van der Waals surface area contributed by atoms with Crippen LogP contribution in [0.4, 0.5) is 0 Å². The molecule has 2 heteroatoms. The molecule has 0 N–H and O–H groups in total. The first-order chi connectivity index (χ1) is 6.72. The lowest BCUT2D eigenvalue weighted by Gasteiger charge is -2.17. The zero-order valence-corrected chi connectivity index (χ0v) is 9.55. The second-order valence-electron chi connectivity index (χ2n) is 4.01. The number of carbonyl (C=O) groups excluding carboxylic acids is 1. The summed E-state index contributed by atoms with van der Waals surface area (Å²) >= 11 is 0. The molecule has 1 atom stereocenters. The minimum atomic E-state index is -0.852. The summed E-state index contributed by atoms with van der Waals surface area (Å²) in [5, 5.41) is 10.8. The maximum atomic E-state index is 10.8. The van der Waals surface area contributed by atoms with E-state index in [-0.39, 0.29) is 5.92 Å². The molecule has 0 aliphatic heterocycles. The van der Waals surface area contributed by atoms with Crippen LogP contribution < -0.4 is 5.11 Å². The third-order valence-corrected chi connectivity index (χ3v) is 2.65. The molecular formula is C12H23O2-. The van der Waals surface area contributed by atoms with E-state index in [0.29, 0.717) is 0 Å². The van der Waals surface area contributed by atoms with Crippen LogP contribution in [-0.4, -0.2) is 5.97 Å². The number of carbonyl (C=O) groups is 1. The van der Waals surface area contributed by atoms with Crippen LogP contribution in [0, 0.1) is 5.92 Å². The van der Waals surface area contributed by atoms with E-state index in [0.717, 1.165) is 38.5 Å². The van der Waals surface area contributed by atoms with Gasteiger partial charge in [0.25, 0.3) is 0 Å². The predicted molar refractivity (Wildman–Crippen MR) is 56.8 cm³/mol. The summed E-state index contributed by atoms with van der Waals surface area (Å²) in [6, 6.07) is 0. The van der Waals surface area contributed by atoms with Crippen molar-refractivity contribution in [3.05, 3.63) is 0 Å². The molecule has 84 valence electrons. The lowest BCUT2D eigenvalue weighted by Crippen LogP contribution is -2.31. The molecule has 0 rings (SSSR count). The van der Waals surface area contributed by atoms with Crippen molar-refractivity contribution in [1.29, 1.82) is 0 Å². The number of carboxylic acid groups (broad SMARTS) is 1. The van der Waals surface area contributed by atoms with Crippen molar-refractivity contribution in [2.45, 2.75) is 65.2 Å². The van der Waals surface area contributed by atoms with E-state index in [9.17, 15) is 9.90 Å². The number of rotatable bonds is 9. The quantitative estimate of drug-likeness (QED) is 0.535. The van der Waals surface area contributed by atoms with Crippen molar-refractivity contribution >= 4 is 5.97 Å². The third-order valence-electron chi connectivity index (χ3n) is 2.65. The van der Waals surface area contributed by atoms with Gasteiger partial charge in [0.05, 0.1) is 0 Å². The van der Waals surface area contributed by atoms with Crippen molar-refractivity contribution in [1.82, 2.24) is 0 Å². The highest BCUT2D eigenvalue weighted by Crippen LogP contribution is 2.16. The topological polar surface area (TPSA) is 40.1 Å². The van der Waals surface area contributed by atoms with Crippen molar-refractivity contribution < 1.29 is 9.90 Å². The highest BCUT2D eigenvalue weighted by molar-refractivity contribution is 5.67. The van der Waals surface area contributed by atoms with Crippen LogP contribution in [0.2, 0.25) is 0 Å². The molecule has 0 fully saturated rings. The van der Waals surface area contributed by atoms with Gasteiger partial charge in [0, 0.05) is 5.97 Å². The monoisotopic (exact) mass is 199 g/mol. The normalized spacial score (nSPS) is 12.7. The van der Waals surface area contributed by atoms with Gasteiger partial charge >= 0.3 is 0 Å². The first kappa shape index (κ1) is 13.5. The van der Waals surface area contributed by atoms with Gasteiger partial charge < -0.3 is 9.90 Å². The zero-order chi connectivity index (χ0) is 10.8. The van der Waals surface area contributed by atoms with Crippen molar-refractivity contribution in [2.24, 2.45) is 5.92 Å². The summed E-state index contributed by atoms with van der Waals surface area (Å²) in [6.07, 6.45) is 8.29. The molecule has 0 saturated heterocycles. The van der Waals surface area contributed by atoms with Gasteiger partial charge in [-0.25, -0.2) is 0 Å². The summed E-state index contributed by atoms with van der Waals surface area (Å²) in [5.74, 6) is -1.05. The largest absolute Gasteiger partial charge is 0.550 e. The Bertz CT molecular complexity index is 143. The Morgan fingerprint density at radius 2 is 1.57 bits per heavy atom. The molecule has 0 aromatic heterocycles. The Morgan fingerprint density at radius 3 is 2.07 bits per heavy atom. The Hall–Kier alpha value is -0.530. The van der Waals surface area contributed by atoms with Crippen LogP contribution in [-0.2, 0) is 4.79 Å². The molecule has 0 amide bonds. The fourth-order valence-electron chi connectivity index (χ4n) is 1.65. The van der Waals surface area contributed by atoms with Crippen molar-refractivity contribution in [2.75, 3.05) is 0 Å². The molecule has 2 nitrogen and oxygen atoms in total. The number of aliphatic carboxylic acids is 1. The summed E-state index contributed by atoms with van der Waals surface area (Å²) in [7, 11) is 0. The fraction of sp³-hybridized carbons (Fsp3) is 0.917. The standard InChI is InChI=1S/C12H24O2/c1-3-5-7-8-10-11(12(13)14)9-6-4-2/h11H,3-10H2,1-2H3,(H,13,14)/p-1. The minimum absolute atomic E-state index is 0.202. The predicted octanol–water partition coefficient (Wildman–Crippen LogP) is 2.51. The zero-order valence-electron chi connectivity index (χ0n) is 9.55. The second-order valence-corrected chi connectivity index (χ2v) is 4.01. The molecule has 0 aromatic rings. The maximum Gasteiger partial charge on any atom is 0.0445 e. The molecule has 14 heavy (non-hydrogen) atoms. The number of carboxylic acids is 1. The van der Waals surface area contributed by atoms with Gasteiger partial charge in [0.1, 0.15) is 0 Å². The van der Waals surface area contributed by atoms with Gasteiger partial charge in [-0.3, -0.25) is 0 Å². The summed E-state index contributed by atoms with van der Waals surface area (Å²) in [6.45, 7) is 4.25. The maximum absolute atomic E-state index is 10.8. The van der Waals surface area contributed by atoms with Crippen LogP contribution in [0.5, 0.6) is 0 Å². The molecule has 0 aliphatic carbocycles. The van der Waals surface area contributed by atoms with Gasteiger partial charge in [-0.1, -0.05) is 52.4 Å². The van der Waals surface area contributed by atoms with E-state index in [1.165, 1.54) is 12.8 Å². The van der Waals surface area contributed by atoms with Crippen LogP contribution in [0.15, 0.2) is 0 Å². The Labute approximate surface area is 87.7 Å². The first-order valence-electron chi connectivity index (χ1n) is 5.93. The van der Waals surface area contributed by atoms with Crippen molar-refractivity contribution in [3.63, 3.8) is 0 Å². The van der Waals surface area contributed by atoms with Crippen LogP contribution in [0.3, 0.4) is 0 Å². The molecular weight excluding hydrogens is 176 g/mol. The molecule has 0 radical (unpaired) electrons. The summed E-state index contributed by atoms with van der Waals surface area (Å²) < 4.78 is 0. The molecule has 0 heterocycles. The number of unbranched alkanes of at least 4 members (excludes halogenated alkanes) is 4.